The van der Waals surface area contributed by atoms with Gasteiger partial charge >= 0.3 is 6.03 Å². The number of ether oxygens (including phenoxy) is 1. The van der Waals surface area contributed by atoms with Crippen LogP contribution in [0.5, 0.6) is 5.75 Å². The molecule has 0 bridgehead atoms. The number of carbonyl (C=O) groups is 1. The highest BCUT2D eigenvalue weighted by atomic mass is 19.1. The lowest BCUT2D eigenvalue weighted by atomic mass is 9.90. The standard InChI is InChI=1S/C25H32F2N4O2/c1-2-33-24-6-4-3-5-23(24)31-15-13-30(14-16-31)20-10-8-19(9-11-20)28-25(32)29-22-12-7-18(26)17-21(22)27/h3-7,12,17,19-20H,2,8-11,13-16H2,1H3,(H2,28,29,32). The van der Waals surface area contributed by atoms with Crippen molar-refractivity contribution in [1.82, 2.24) is 10.2 Å². The number of hydrogen-bond acceptors (Lipinski definition) is 4. The van der Waals surface area contributed by atoms with Crippen LogP contribution >= 0.6 is 0 Å². The number of nitrogens with zero attached hydrogens (tertiary/aromatic N) is 2. The van der Waals surface area contributed by atoms with Crippen molar-refractivity contribution in [3.63, 3.8) is 0 Å². The third-order valence-electron chi connectivity index (χ3n) is 6.55. The highest BCUT2D eigenvalue weighted by Gasteiger charge is 2.29. The van der Waals surface area contributed by atoms with E-state index >= 15 is 0 Å². The van der Waals surface area contributed by atoms with Gasteiger partial charge in [0.15, 0.2) is 0 Å². The van der Waals surface area contributed by atoms with Gasteiger partial charge in [-0.3, -0.25) is 4.90 Å². The Kier molecular flexibility index (Phi) is 7.65. The third-order valence-corrected chi connectivity index (χ3v) is 6.55. The van der Waals surface area contributed by atoms with E-state index in [0.29, 0.717) is 12.6 Å². The fourth-order valence-corrected chi connectivity index (χ4v) is 4.84. The highest BCUT2D eigenvalue weighted by Crippen LogP contribution is 2.30. The molecule has 2 aliphatic rings. The van der Waals surface area contributed by atoms with Crippen LogP contribution in [0.1, 0.15) is 32.6 Å². The van der Waals surface area contributed by atoms with Crippen LogP contribution in [0.3, 0.4) is 0 Å². The van der Waals surface area contributed by atoms with Crippen LogP contribution in [-0.2, 0) is 0 Å². The summed E-state index contributed by atoms with van der Waals surface area (Å²) in [5, 5.41) is 5.40. The van der Waals surface area contributed by atoms with Crippen molar-refractivity contribution in [3.05, 3.63) is 54.1 Å². The first-order valence-corrected chi connectivity index (χ1v) is 11.8. The maximum absolute atomic E-state index is 13.7. The number of amides is 2. The number of anilines is 2. The Balaban J connectivity index is 1.22. The van der Waals surface area contributed by atoms with Crippen LogP contribution in [0.4, 0.5) is 25.0 Å². The summed E-state index contributed by atoms with van der Waals surface area (Å²) in [6.45, 7) is 6.61. The van der Waals surface area contributed by atoms with Crippen molar-refractivity contribution >= 4 is 17.4 Å². The van der Waals surface area contributed by atoms with Crippen molar-refractivity contribution in [2.75, 3.05) is 43.0 Å². The second-order valence-electron chi connectivity index (χ2n) is 8.65. The summed E-state index contributed by atoms with van der Waals surface area (Å²) in [4.78, 5) is 17.2. The van der Waals surface area contributed by atoms with Crippen LogP contribution in [-0.4, -0.2) is 55.8 Å². The first-order valence-electron chi connectivity index (χ1n) is 11.8. The predicted octanol–water partition coefficient (Wildman–Crippen LogP) is 4.62. The first-order chi connectivity index (χ1) is 16.0. The van der Waals surface area contributed by atoms with Gasteiger partial charge in [-0.2, -0.15) is 0 Å². The molecule has 0 aromatic heterocycles. The quantitative estimate of drug-likeness (QED) is 0.663. The first kappa shape index (κ1) is 23.3. The molecule has 2 aromatic rings. The van der Waals surface area contributed by atoms with Gasteiger partial charge in [-0.1, -0.05) is 12.1 Å². The van der Waals surface area contributed by atoms with Crippen molar-refractivity contribution < 1.29 is 18.3 Å². The average Bonchev–Trinajstić information content (AvgIpc) is 2.82. The van der Waals surface area contributed by atoms with Crippen molar-refractivity contribution in [2.45, 2.75) is 44.7 Å². The zero-order valence-corrected chi connectivity index (χ0v) is 19.0. The maximum Gasteiger partial charge on any atom is 0.319 e. The molecule has 0 spiro atoms. The van der Waals surface area contributed by atoms with Gasteiger partial charge in [-0.15, -0.1) is 0 Å². The van der Waals surface area contributed by atoms with Crippen LogP contribution in [0.15, 0.2) is 42.5 Å². The molecule has 4 rings (SSSR count). The lowest BCUT2D eigenvalue weighted by Crippen LogP contribution is -2.52. The van der Waals surface area contributed by atoms with Gasteiger partial charge in [0.2, 0.25) is 0 Å². The van der Waals surface area contributed by atoms with E-state index in [1.54, 1.807) is 0 Å². The van der Waals surface area contributed by atoms with Crippen LogP contribution < -0.4 is 20.3 Å². The molecule has 178 valence electrons. The van der Waals surface area contributed by atoms with E-state index in [1.165, 1.54) is 6.07 Å². The van der Waals surface area contributed by atoms with Crippen LogP contribution in [0, 0.1) is 11.6 Å². The average molecular weight is 459 g/mol. The van der Waals surface area contributed by atoms with Crippen molar-refractivity contribution in [1.29, 1.82) is 0 Å². The topological polar surface area (TPSA) is 56.8 Å². The Bertz CT molecular complexity index is 942. The summed E-state index contributed by atoms with van der Waals surface area (Å²) in [7, 11) is 0. The molecule has 1 aliphatic heterocycles. The fourth-order valence-electron chi connectivity index (χ4n) is 4.84. The third kappa shape index (κ3) is 5.93. The molecule has 1 saturated carbocycles. The Hall–Kier alpha value is -2.87. The van der Waals surface area contributed by atoms with E-state index < -0.39 is 17.7 Å². The number of benzene rings is 2. The molecule has 2 fully saturated rings. The number of rotatable bonds is 6. The minimum atomic E-state index is -0.781. The molecule has 0 radical (unpaired) electrons. The van der Waals surface area contributed by atoms with E-state index in [4.69, 9.17) is 4.74 Å². The monoisotopic (exact) mass is 458 g/mol. The van der Waals surface area contributed by atoms with Crippen LogP contribution in [0.2, 0.25) is 0 Å². The summed E-state index contributed by atoms with van der Waals surface area (Å²) in [5.41, 5.74) is 1.14. The molecule has 0 atom stereocenters. The molecular formula is C25H32F2N4O2. The summed E-state index contributed by atoms with van der Waals surface area (Å²) >= 11 is 0. The van der Waals surface area contributed by atoms with Gasteiger partial charge in [-0.25, -0.2) is 13.6 Å². The molecule has 33 heavy (non-hydrogen) atoms. The second kappa shape index (κ2) is 10.8. The van der Waals surface area contributed by atoms with E-state index in [0.717, 1.165) is 75.4 Å². The van der Waals surface area contributed by atoms with Gasteiger partial charge in [0.05, 0.1) is 18.0 Å². The summed E-state index contributed by atoms with van der Waals surface area (Å²) < 4.78 is 32.6. The van der Waals surface area contributed by atoms with Gasteiger partial charge in [-0.05, 0) is 56.9 Å². The van der Waals surface area contributed by atoms with Gasteiger partial charge < -0.3 is 20.3 Å². The normalized spacial score (nSPS) is 21.5. The number of urea groups is 1. The zero-order chi connectivity index (χ0) is 23.2. The molecule has 2 N–H and O–H groups in total. The summed E-state index contributed by atoms with van der Waals surface area (Å²) in [6, 6.07) is 11.5. The van der Waals surface area contributed by atoms with Gasteiger partial charge in [0.25, 0.3) is 0 Å². The van der Waals surface area contributed by atoms with E-state index in [-0.39, 0.29) is 11.7 Å². The minimum absolute atomic E-state index is 0.0219. The Labute approximate surface area is 193 Å². The molecule has 1 aliphatic carbocycles. The molecule has 2 aromatic carbocycles. The van der Waals surface area contributed by atoms with Crippen LogP contribution in [0.25, 0.3) is 0 Å². The SMILES string of the molecule is CCOc1ccccc1N1CCN(C2CCC(NC(=O)Nc3ccc(F)cc3F)CC2)CC1. The second-order valence-corrected chi connectivity index (χ2v) is 8.65. The fraction of sp³-hybridized carbons (Fsp3) is 0.480. The van der Waals surface area contributed by atoms with Gasteiger partial charge in [0, 0.05) is 44.3 Å². The Morgan fingerprint density at radius 3 is 2.45 bits per heavy atom. The number of carbonyl (C=O) groups excluding carboxylic acids is 1. The molecule has 1 saturated heterocycles. The Morgan fingerprint density at radius 1 is 1.03 bits per heavy atom. The van der Waals surface area contributed by atoms with Crippen molar-refractivity contribution in [3.8, 4) is 5.75 Å². The molecule has 2 amide bonds. The molecular weight excluding hydrogens is 426 g/mol. The summed E-state index contributed by atoms with van der Waals surface area (Å²) in [5.74, 6) is -0.508. The number of halogens is 2. The minimum Gasteiger partial charge on any atom is -0.492 e. The largest absolute Gasteiger partial charge is 0.492 e. The highest BCUT2D eigenvalue weighted by molar-refractivity contribution is 5.89. The lowest BCUT2D eigenvalue weighted by Gasteiger charge is -2.43. The number of piperazine rings is 1. The molecule has 8 heteroatoms. The lowest BCUT2D eigenvalue weighted by molar-refractivity contribution is 0.137. The molecule has 1 heterocycles. The molecule has 0 unspecified atom stereocenters. The number of nitrogens with one attached hydrogen (secondary N) is 2. The van der Waals surface area contributed by atoms with E-state index in [1.807, 2.05) is 19.1 Å². The van der Waals surface area contributed by atoms with E-state index in [9.17, 15) is 13.6 Å². The maximum atomic E-state index is 13.7. The predicted molar refractivity (Wildman–Crippen MR) is 126 cm³/mol. The van der Waals surface area contributed by atoms with E-state index in [2.05, 4.69) is 32.6 Å². The van der Waals surface area contributed by atoms with Crippen molar-refractivity contribution in [2.24, 2.45) is 0 Å². The molecule has 6 nitrogen and oxygen atoms in total. The Morgan fingerprint density at radius 2 is 1.76 bits per heavy atom. The summed E-state index contributed by atoms with van der Waals surface area (Å²) in [6.07, 6.45) is 3.81. The zero-order valence-electron chi connectivity index (χ0n) is 19.0. The smallest absolute Gasteiger partial charge is 0.319 e. The van der Waals surface area contributed by atoms with Gasteiger partial charge in [0.1, 0.15) is 17.4 Å². The number of para-hydroxylation sites is 2. The number of hydrogen-bond donors (Lipinski definition) is 2.